The Labute approximate surface area is 177 Å². The van der Waals surface area contributed by atoms with E-state index in [1.165, 1.54) is 27.0 Å². The van der Waals surface area contributed by atoms with Crippen molar-refractivity contribution in [1.82, 2.24) is 14.2 Å². The van der Waals surface area contributed by atoms with E-state index < -0.39 is 10.0 Å². The Kier molecular flexibility index (Phi) is 4.85. The number of fused-ring (bicyclic) bond motifs is 1. The lowest BCUT2D eigenvalue weighted by molar-refractivity contribution is 0.0693. The monoisotopic (exact) mass is 447 g/mol. The zero-order valence-corrected chi connectivity index (χ0v) is 18.2. The van der Waals surface area contributed by atoms with Crippen LogP contribution in [0.25, 0.3) is 0 Å². The molecular weight excluding hydrogens is 426 g/mol. The summed E-state index contributed by atoms with van der Waals surface area (Å²) >= 11 is 3.37. The summed E-state index contributed by atoms with van der Waals surface area (Å²) in [4.78, 5) is 20.8. The number of H-pyrrole nitrogens is 1. The molecule has 0 radical (unpaired) electrons. The fourth-order valence-corrected chi connectivity index (χ4v) is 7.44. The van der Waals surface area contributed by atoms with Crippen LogP contribution >= 0.6 is 22.7 Å². The first kappa shape index (κ1) is 19.0. The van der Waals surface area contributed by atoms with Crippen LogP contribution in [0.2, 0.25) is 0 Å². The van der Waals surface area contributed by atoms with Gasteiger partial charge in [-0.1, -0.05) is 6.07 Å². The summed E-state index contributed by atoms with van der Waals surface area (Å²) in [5.74, 6) is -0.164. The lowest BCUT2D eigenvalue weighted by Gasteiger charge is -2.35. The third-order valence-electron chi connectivity index (χ3n) is 5.63. The number of hydrogen-bond donors (Lipinski definition) is 1. The van der Waals surface area contributed by atoms with Gasteiger partial charge in [-0.25, -0.2) is 8.42 Å². The topological polar surface area (TPSA) is 73.5 Å². The quantitative estimate of drug-likeness (QED) is 0.663. The molecule has 0 aromatic carbocycles. The number of amides is 1. The largest absolute Gasteiger partial charge is 0.356 e. The normalized spacial score (nSPS) is 20.1. The van der Waals surface area contributed by atoms with Crippen LogP contribution in [0.5, 0.6) is 0 Å². The van der Waals surface area contributed by atoms with Crippen molar-refractivity contribution in [2.24, 2.45) is 0 Å². The summed E-state index contributed by atoms with van der Waals surface area (Å²) in [7, 11) is -3.54. The molecule has 2 aliphatic rings. The Balaban J connectivity index is 1.47. The average molecular weight is 448 g/mol. The van der Waals surface area contributed by atoms with Crippen molar-refractivity contribution in [3.63, 3.8) is 0 Å². The molecule has 152 valence electrons. The minimum absolute atomic E-state index is 0.126. The predicted octanol–water partition coefficient (Wildman–Crippen LogP) is 3.71. The number of sulfonamides is 1. The summed E-state index contributed by atoms with van der Waals surface area (Å²) < 4.78 is 27.1. The van der Waals surface area contributed by atoms with Crippen LogP contribution in [0.3, 0.4) is 0 Å². The van der Waals surface area contributed by atoms with E-state index in [0.717, 1.165) is 24.1 Å². The molecule has 3 aromatic heterocycles. The summed E-state index contributed by atoms with van der Waals surface area (Å²) in [6, 6.07) is 7.52. The Hall–Kier alpha value is -1.94. The van der Waals surface area contributed by atoms with Gasteiger partial charge in [-0.3, -0.25) is 4.79 Å². The van der Waals surface area contributed by atoms with Crippen LogP contribution in [-0.4, -0.2) is 48.1 Å². The fraction of sp³-hybridized carbons (Fsp3) is 0.350. The third kappa shape index (κ3) is 3.26. The number of nitrogens with one attached hydrogen (secondary N) is 1. The van der Waals surface area contributed by atoms with Crippen LogP contribution in [0.15, 0.2) is 46.1 Å². The van der Waals surface area contributed by atoms with E-state index in [0.29, 0.717) is 25.3 Å². The molecule has 1 atom stereocenters. The summed E-state index contributed by atoms with van der Waals surface area (Å²) in [6.45, 7) is 1.71. The number of thiophene rings is 2. The third-order valence-corrected chi connectivity index (χ3v) is 9.43. The highest BCUT2D eigenvalue weighted by Crippen LogP contribution is 2.40. The number of carbonyl (C=O) groups excluding carboxylic acids is 1. The number of carbonyl (C=O) groups is 1. The second-order valence-electron chi connectivity index (χ2n) is 7.33. The molecule has 29 heavy (non-hydrogen) atoms. The fourth-order valence-electron chi connectivity index (χ4n) is 4.17. The molecule has 0 saturated carbocycles. The van der Waals surface area contributed by atoms with Crippen LogP contribution in [-0.2, 0) is 16.4 Å². The molecule has 1 fully saturated rings. The maximum absolute atomic E-state index is 13.4. The molecule has 0 spiro atoms. The summed E-state index contributed by atoms with van der Waals surface area (Å²) in [5, 5.41) is 4.10. The van der Waals surface area contributed by atoms with Gasteiger partial charge in [0.25, 0.3) is 5.91 Å². The van der Waals surface area contributed by atoms with Gasteiger partial charge in [0.15, 0.2) is 0 Å². The molecule has 1 N–H and O–H groups in total. The van der Waals surface area contributed by atoms with E-state index in [4.69, 9.17) is 0 Å². The molecule has 0 aliphatic carbocycles. The van der Waals surface area contributed by atoms with Gasteiger partial charge in [0.05, 0.1) is 6.04 Å². The van der Waals surface area contributed by atoms with E-state index in [2.05, 4.69) is 22.5 Å². The molecule has 0 bridgehead atoms. The molecule has 5 rings (SSSR count). The SMILES string of the molecule is O=C(c1cc(S(=O)(=O)N2CCCC2)c[nH]1)N1CCc2sccc2C1c1cccs1. The molecule has 6 nitrogen and oxygen atoms in total. The number of aromatic amines is 1. The average Bonchev–Trinajstić information content (AvgIpc) is 3.52. The van der Waals surface area contributed by atoms with Crippen molar-refractivity contribution in [3.8, 4) is 0 Å². The Morgan fingerprint density at radius 2 is 1.93 bits per heavy atom. The molecule has 1 amide bonds. The summed E-state index contributed by atoms with van der Waals surface area (Å²) in [5.41, 5.74) is 1.50. The van der Waals surface area contributed by atoms with E-state index in [1.807, 2.05) is 16.3 Å². The van der Waals surface area contributed by atoms with Crippen molar-refractivity contribution >= 4 is 38.6 Å². The van der Waals surface area contributed by atoms with Crippen molar-refractivity contribution < 1.29 is 13.2 Å². The minimum atomic E-state index is -3.54. The zero-order valence-electron chi connectivity index (χ0n) is 15.7. The second kappa shape index (κ2) is 7.39. The molecule has 3 aromatic rings. The molecular formula is C20H21N3O3S3. The molecule has 5 heterocycles. The van der Waals surface area contributed by atoms with E-state index in [9.17, 15) is 13.2 Å². The van der Waals surface area contributed by atoms with Gasteiger partial charge in [-0.15, -0.1) is 22.7 Å². The lowest BCUT2D eigenvalue weighted by atomic mass is 9.98. The van der Waals surface area contributed by atoms with E-state index >= 15 is 0 Å². The van der Waals surface area contributed by atoms with Gasteiger partial charge >= 0.3 is 0 Å². The van der Waals surface area contributed by atoms with Crippen molar-refractivity contribution in [1.29, 1.82) is 0 Å². The van der Waals surface area contributed by atoms with Crippen LogP contribution < -0.4 is 0 Å². The maximum Gasteiger partial charge on any atom is 0.271 e. The standard InChI is InChI=1S/C20H21N3O3S3/c24-20(16-12-14(13-21-16)29(25,26)22-7-1-2-8-22)23-9-5-17-15(6-11-28-17)19(23)18-4-3-10-27-18/h3-4,6,10-13,19,21H,1-2,5,7-9H2. The van der Waals surface area contributed by atoms with Gasteiger partial charge in [-0.05, 0) is 53.8 Å². The van der Waals surface area contributed by atoms with Gasteiger partial charge in [0.2, 0.25) is 10.0 Å². The Bertz CT molecular complexity index is 1120. The van der Waals surface area contributed by atoms with Crippen LogP contribution in [0, 0.1) is 0 Å². The first-order chi connectivity index (χ1) is 14.1. The number of hydrogen-bond acceptors (Lipinski definition) is 5. The Morgan fingerprint density at radius 1 is 1.10 bits per heavy atom. The highest BCUT2D eigenvalue weighted by atomic mass is 32.2. The van der Waals surface area contributed by atoms with Crippen LogP contribution in [0.1, 0.15) is 44.7 Å². The van der Waals surface area contributed by atoms with Crippen molar-refractivity contribution in [2.45, 2.75) is 30.2 Å². The summed E-state index contributed by atoms with van der Waals surface area (Å²) in [6.07, 6.45) is 4.03. The lowest BCUT2D eigenvalue weighted by Crippen LogP contribution is -2.39. The first-order valence-corrected chi connectivity index (χ1v) is 12.8. The number of nitrogens with zero attached hydrogens (tertiary/aromatic N) is 2. The highest BCUT2D eigenvalue weighted by molar-refractivity contribution is 7.89. The smallest absolute Gasteiger partial charge is 0.271 e. The second-order valence-corrected chi connectivity index (χ2v) is 11.2. The van der Waals surface area contributed by atoms with Crippen molar-refractivity contribution in [2.75, 3.05) is 19.6 Å². The first-order valence-electron chi connectivity index (χ1n) is 9.65. The van der Waals surface area contributed by atoms with Gasteiger partial charge in [-0.2, -0.15) is 4.31 Å². The van der Waals surface area contributed by atoms with Gasteiger partial charge < -0.3 is 9.88 Å². The minimum Gasteiger partial charge on any atom is -0.356 e. The molecule has 9 heteroatoms. The zero-order chi connectivity index (χ0) is 20.0. The molecule has 2 aliphatic heterocycles. The van der Waals surface area contributed by atoms with Crippen LogP contribution in [0.4, 0.5) is 0 Å². The maximum atomic E-state index is 13.4. The van der Waals surface area contributed by atoms with Crippen molar-refractivity contribution in [3.05, 3.63) is 62.2 Å². The number of rotatable bonds is 4. The number of aromatic nitrogens is 1. The van der Waals surface area contributed by atoms with Gasteiger partial charge in [0, 0.05) is 35.6 Å². The molecule has 1 saturated heterocycles. The van der Waals surface area contributed by atoms with E-state index in [-0.39, 0.29) is 16.8 Å². The predicted molar refractivity (Wildman–Crippen MR) is 114 cm³/mol. The highest BCUT2D eigenvalue weighted by Gasteiger charge is 2.35. The van der Waals surface area contributed by atoms with Gasteiger partial charge in [0.1, 0.15) is 10.6 Å². The Morgan fingerprint density at radius 3 is 2.69 bits per heavy atom. The van der Waals surface area contributed by atoms with E-state index in [1.54, 1.807) is 22.7 Å². The molecule has 1 unspecified atom stereocenters.